The zero-order valence-corrected chi connectivity index (χ0v) is 15.5. The number of ether oxygens (including phenoxy) is 1. The summed E-state index contributed by atoms with van der Waals surface area (Å²) in [5, 5.41) is 13.3. The molecule has 1 rings (SSSR count). The van der Waals surface area contributed by atoms with E-state index in [1.54, 1.807) is 7.05 Å². The molecule has 0 aliphatic heterocycles. The van der Waals surface area contributed by atoms with E-state index in [0.29, 0.717) is 29.3 Å². The summed E-state index contributed by atoms with van der Waals surface area (Å²) in [6.07, 6.45) is 0. The molecule has 0 fully saturated rings. The van der Waals surface area contributed by atoms with Gasteiger partial charge in [-0.2, -0.15) is 5.26 Å². The van der Waals surface area contributed by atoms with E-state index in [0.717, 1.165) is 0 Å². The average molecular weight is 360 g/mol. The van der Waals surface area contributed by atoms with Crippen molar-refractivity contribution in [3.05, 3.63) is 10.2 Å². The van der Waals surface area contributed by atoms with Gasteiger partial charge in [0.15, 0.2) is 14.0 Å². The minimum absolute atomic E-state index is 0.187. The molecule has 1 aromatic rings. The lowest BCUT2D eigenvalue weighted by Crippen LogP contribution is -2.41. The molecule has 0 bridgehead atoms. The van der Waals surface area contributed by atoms with Gasteiger partial charge >= 0.3 is 0 Å². The molecule has 112 valence electrons. The zero-order chi connectivity index (χ0) is 15.6. The summed E-state index contributed by atoms with van der Waals surface area (Å²) >= 11 is 3.32. The summed E-state index contributed by atoms with van der Waals surface area (Å²) in [4.78, 5) is 0. The highest BCUT2D eigenvalue weighted by atomic mass is 79.9. The highest BCUT2D eigenvalue weighted by Crippen LogP contribution is 2.36. The topological polar surface area (TPSA) is 60.1 Å². The highest BCUT2D eigenvalue weighted by Gasteiger charge is 2.36. The first-order chi connectivity index (χ1) is 9.10. The summed E-state index contributed by atoms with van der Waals surface area (Å²) in [7, 11) is -0.0283. The first-order valence-electron chi connectivity index (χ1n) is 6.49. The molecule has 0 N–H and O–H groups in total. The molecule has 5 nitrogen and oxygen atoms in total. The molecule has 0 aliphatic rings. The number of rotatable bonds is 5. The van der Waals surface area contributed by atoms with Crippen LogP contribution >= 0.6 is 15.9 Å². The van der Waals surface area contributed by atoms with Crippen molar-refractivity contribution in [3.8, 4) is 11.9 Å². The fourth-order valence-corrected chi connectivity index (χ4v) is 2.90. The maximum atomic E-state index is 8.96. The van der Waals surface area contributed by atoms with Gasteiger partial charge in [-0.1, -0.05) is 20.8 Å². The van der Waals surface area contributed by atoms with Gasteiger partial charge in [0.2, 0.25) is 5.88 Å². The summed E-state index contributed by atoms with van der Waals surface area (Å²) in [5.41, 5.74) is 0.449. The molecular formula is C13H22BrN3O2Si. The molecular weight excluding hydrogens is 338 g/mol. The van der Waals surface area contributed by atoms with E-state index in [-0.39, 0.29) is 5.04 Å². The number of halogens is 1. The van der Waals surface area contributed by atoms with Crippen LogP contribution in [-0.4, -0.2) is 31.3 Å². The number of nitrogens with zero attached hydrogens (tertiary/aromatic N) is 3. The van der Waals surface area contributed by atoms with E-state index in [9.17, 15) is 0 Å². The van der Waals surface area contributed by atoms with Crippen LogP contribution in [-0.2, 0) is 11.5 Å². The van der Waals surface area contributed by atoms with Crippen molar-refractivity contribution in [1.29, 1.82) is 5.26 Å². The minimum atomic E-state index is -1.74. The smallest absolute Gasteiger partial charge is 0.248 e. The third-order valence-electron chi connectivity index (χ3n) is 3.66. The van der Waals surface area contributed by atoms with Crippen molar-refractivity contribution in [2.75, 3.05) is 13.2 Å². The molecule has 0 unspecified atom stereocenters. The van der Waals surface area contributed by atoms with Gasteiger partial charge in [-0.3, -0.25) is 4.68 Å². The molecule has 0 aliphatic carbocycles. The van der Waals surface area contributed by atoms with Gasteiger partial charge in [-0.05, 0) is 34.1 Å². The Balaban J connectivity index is 2.53. The van der Waals surface area contributed by atoms with Gasteiger partial charge in [0.1, 0.15) is 17.1 Å². The Bertz CT molecular complexity index is 515. The monoisotopic (exact) mass is 359 g/mol. The molecule has 0 spiro atoms. The number of aromatic nitrogens is 2. The van der Waals surface area contributed by atoms with E-state index >= 15 is 0 Å². The average Bonchev–Trinajstić information content (AvgIpc) is 2.58. The highest BCUT2D eigenvalue weighted by molar-refractivity contribution is 9.10. The predicted octanol–water partition coefficient (Wildman–Crippen LogP) is 3.45. The van der Waals surface area contributed by atoms with Gasteiger partial charge in [0.25, 0.3) is 0 Å². The standard InChI is InChI=1S/C13H22BrN3O2Si/c1-13(2,3)20(5,6)19-8-7-18-12-11(14)10(9-15)17(4)16-12/h7-8H2,1-6H3. The molecule has 0 saturated heterocycles. The number of nitriles is 1. The Kier molecular flexibility index (Phi) is 5.41. The SMILES string of the molecule is Cn1nc(OCCO[Si](C)(C)C(C)(C)C)c(Br)c1C#N. The van der Waals surface area contributed by atoms with Crippen LogP contribution in [0.25, 0.3) is 0 Å². The molecule has 0 saturated carbocycles. The van der Waals surface area contributed by atoms with Gasteiger partial charge in [-0.25, -0.2) is 0 Å². The van der Waals surface area contributed by atoms with Crippen molar-refractivity contribution in [2.24, 2.45) is 7.05 Å². The second kappa shape index (κ2) is 6.29. The molecule has 0 atom stereocenters. The van der Waals surface area contributed by atoms with Crippen LogP contribution in [0.3, 0.4) is 0 Å². The Morgan fingerprint density at radius 3 is 2.40 bits per heavy atom. The summed E-state index contributed by atoms with van der Waals surface area (Å²) in [6, 6.07) is 2.07. The Morgan fingerprint density at radius 1 is 1.35 bits per heavy atom. The fourth-order valence-electron chi connectivity index (χ4n) is 1.34. The molecule has 20 heavy (non-hydrogen) atoms. The maximum absolute atomic E-state index is 8.96. The summed E-state index contributed by atoms with van der Waals surface area (Å²) in [6.45, 7) is 12.0. The van der Waals surface area contributed by atoms with E-state index < -0.39 is 8.32 Å². The van der Waals surface area contributed by atoms with Gasteiger partial charge < -0.3 is 9.16 Å². The van der Waals surface area contributed by atoms with Crippen LogP contribution in [0.4, 0.5) is 0 Å². The second-order valence-corrected chi connectivity index (χ2v) is 11.8. The van der Waals surface area contributed by atoms with Crippen molar-refractivity contribution in [2.45, 2.75) is 38.9 Å². The largest absolute Gasteiger partial charge is 0.473 e. The zero-order valence-electron chi connectivity index (χ0n) is 13.0. The molecule has 0 amide bonds. The van der Waals surface area contributed by atoms with Crippen molar-refractivity contribution in [3.63, 3.8) is 0 Å². The van der Waals surface area contributed by atoms with Gasteiger partial charge in [0, 0.05) is 7.05 Å². The van der Waals surface area contributed by atoms with Crippen LogP contribution in [0, 0.1) is 11.3 Å². The summed E-state index contributed by atoms with van der Waals surface area (Å²) in [5.74, 6) is 0.433. The molecule has 1 heterocycles. The lowest BCUT2D eigenvalue weighted by molar-refractivity contribution is 0.197. The van der Waals surface area contributed by atoms with Crippen LogP contribution in [0.1, 0.15) is 26.5 Å². The number of aryl methyl sites for hydroxylation is 1. The molecule has 0 radical (unpaired) electrons. The molecule has 1 aromatic heterocycles. The van der Waals surface area contributed by atoms with Gasteiger partial charge in [-0.15, -0.1) is 5.10 Å². The first kappa shape index (κ1) is 17.2. The Morgan fingerprint density at radius 2 is 1.95 bits per heavy atom. The van der Waals surface area contributed by atoms with Gasteiger partial charge in [0.05, 0.1) is 6.61 Å². The Hall–Kier alpha value is -0.843. The van der Waals surface area contributed by atoms with Crippen LogP contribution in [0.2, 0.25) is 18.1 Å². The first-order valence-corrected chi connectivity index (χ1v) is 10.2. The van der Waals surface area contributed by atoms with Crippen LogP contribution in [0.15, 0.2) is 4.47 Å². The van der Waals surface area contributed by atoms with Crippen molar-refractivity contribution < 1.29 is 9.16 Å². The van der Waals surface area contributed by atoms with E-state index in [4.69, 9.17) is 14.4 Å². The van der Waals surface area contributed by atoms with Crippen molar-refractivity contribution in [1.82, 2.24) is 9.78 Å². The number of hydrogen-bond acceptors (Lipinski definition) is 4. The molecule has 0 aromatic carbocycles. The van der Waals surface area contributed by atoms with Crippen LogP contribution < -0.4 is 4.74 Å². The fraction of sp³-hybridized carbons (Fsp3) is 0.692. The van der Waals surface area contributed by atoms with Crippen LogP contribution in [0.5, 0.6) is 5.88 Å². The second-order valence-electron chi connectivity index (χ2n) is 6.16. The predicted molar refractivity (Wildman–Crippen MR) is 84.3 cm³/mol. The lowest BCUT2D eigenvalue weighted by atomic mass is 10.2. The third-order valence-corrected chi connectivity index (χ3v) is 8.91. The Labute approximate surface area is 130 Å². The molecule has 7 heteroatoms. The van der Waals surface area contributed by atoms with Crippen molar-refractivity contribution >= 4 is 24.2 Å². The third kappa shape index (κ3) is 3.84. The number of hydrogen-bond donors (Lipinski definition) is 0. The van der Waals surface area contributed by atoms with E-state index in [1.165, 1.54) is 4.68 Å². The normalized spacial score (nSPS) is 12.3. The van der Waals surface area contributed by atoms with E-state index in [2.05, 4.69) is 61.0 Å². The quantitative estimate of drug-likeness (QED) is 0.596. The van der Waals surface area contributed by atoms with E-state index in [1.807, 2.05) is 0 Å². The minimum Gasteiger partial charge on any atom is -0.473 e. The summed E-state index contributed by atoms with van der Waals surface area (Å²) < 4.78 is 13.7. The maximum Gasteiger partial charge on any atom is 0.248 e. The lowest BCUT2D eigenvalue weighted by Gasteiger charge is -2.36.